The fourth-order valence-corrected chi connectivity index (χ4v) is 4.08. The fraction of sp³-hybridized carbons (Fsp3) is 1.00. The third kappa shape index (κ3) is 7.04. The van der Waals surface area contributed by atoms with Gasteiger partial charge in [0.25, 0.3) is 0 Å². The second kappa shape index (κ2) is 9.00. The van der Waals surface area contributed by atoms with Crippen molar-refractivity contribution >= 4 is 9.84 Å². The molecule has 1 aliphatic rings. The van der Waals surface area contributed by atoms with Crippen LogP contribution in [0.4, 0.5) is 0 Å². The van der Waals surface area contributed by atoms with Crippen LogP contribution in [0.25, 0.3) is 0 Å². The van der Waals surface area contributed by atoms with Crippen LogP contribution in [0.5, 0.6) is 0 Å². The van der Waals surface area contributed by atoms with Crippen LogP contribution in [0.3, 0.4) is 0 Å². The quantitative estimate of drug-likeness (QED) is 0.507. The SMILES string of the molecule is CCCCC1CCC(C(CCCS(C)(=O)=O)NN)CC1. The molecule has 1 fully saturated rings. The summed E-state index contributed by atoms with van der Waals surface area (Å²) in [7, 11) is -2.85. The second-order valence-electron chi connectivity index (χ2n) is 6.47. The van der Waals surface area contributed by atoms with Gasteiger partial charge in [-0.25, -0.2) is 8.42 Å². The summed E-state index contributed by atoms with van der Waals surface area (Å²) in [5.41, 5.74) is 2.92. The molecule has 0 aromatic heterocycles. The molecule has 0 saturated heterocycles. The van der Waals surface area contributed by atoms with Gasteiger partial charge < -0.3 is 0 Å². The van der Waals surface area contributed by atoms with Crippen molar-refractivity contribution in [1.29, 1.82) is 0 Å². The zero-order valence-corrected chi connectivity index (χ0v) is 13.9. The summed E-state index contributed by atoms with van der Waals surface area (Å²) in [6.07, 6.45) is 12.0. The monoisotopic (exact) mass is 304 g/mol. The van der Waals surface area contributed by atoms with Crippen molar-refractivity contribution in [2.75, 3.05) is 12.0 Å². The van der Waals surface area contributed by atoms with Gasteiger partial charge in [-0.15, -0.1) is 0 Å². The number of rotatable bonds is 9. The van der Waals surface area contributed by atoms with Crippen LogP contribution >= 0.6 is 0 Å². The highest BCUT2D eigenvalue weighted by Gasteiger charge is 2.26. The van der Waals surface area contributed by atoms with E-state index in [1.165, 1.54) is 51.2 Å². The third-order valence-corrected chi connectivity index (χ3v) is 5.70. The molecule has 4 nitrogen and oxygen atoms in total. The fourth-order valence-electron chi connectivity index (χ4n) is 3.39. The summed E-state index contributed by atoms with van der Waals surface area (Å²) in [6.45, 7) is 2.25. The highest BCUT2D eigenvalue weighted by molar-refractivity contribution is 7.90. The summed E-state index contributed by atoms with van der Waals surface area (Å²) in [5.74, 6) is 7.47. The first kappa shape index (κ1) is 17.9. The summed E-state index contributed by atoms with van der Waals surface area (Å²) < 4.78 is 22.3. The van der Waals surface area contributed by atoms with E-state index in [9.17, 15) is 8.42 Å². The van der Waals surface area contributed by atoms with E-state index >= 15 is 0 Å². The molecule has 1 atom stereocenters. The Bertz CT molecular complexity index is 349. The molecule has 1 saturated carbocycles. The van der Waals surface area contributed by atoms with Gasteiger partial charge in [-0.1, -0.05) is 39.0 Å². The van der Waals surface area contributed by atoms with Gasteiger partial charge in [-0.3, -0.25) is 11.3 Å². The Morgan fingerprint density at radius 2 is 1.85 bits per heavy atom. The number of unbranched alkanes of at least 4 members (excludes halogenated alkanes) is 1. The highest BCUT2D eigenvalue weighted by atomic mass is 32.2. The molecule has 0 radical (unpaired) electrons. The summed E-state index contributed by atoms with van der Waals surface area (Å²) >= 11 is 0. The molecule has 0 spiro atoms. The largest absolute Gasteiger partial charge is 0.271 e. The minimum atomic E-state index is -2.85. The van der Waals surface area contributed by atoms with Crippen molar-refractivity contribution in [1.82, 2.24) is 5.43 Å². The van der Waals surface area contributed by atoms with E-state index in [0.29, 0.717) is 12.3 Å². The maximum absolute atomic E-state index is 11.2. The molecule has 5 heteroatoms. The Morgan fingerprint density at radius 1 is 1.20 bits per heavy atom. The topological polar surface area (TPSA) is 72.2 Å². The van der Waals surface area contributed by atoms with E-state index in [1.54, 1.807) is 0 Å². The van der Waals surface area contributed by atoms with Crippen molar-refractivity contribution in [2.24, 2.45) is 17.7 Å². The first-order valence-electron chi connectivity index (χ1n) is 8.10. The number of hydrogen-bond acceptors (Lipinski definition) is 4. The molecule has 1 unspecified atom stereocenters. The number of hydrazine groups is 1. The Morgan fingerprint density at radius 3 is 2.35 bits per heavy atom. The van der Waals surface area contributed by atoms with Gasteiger partial charge in [0, 0.05) is 18.1 Å². The summed E-state index contributed by atoms with van der Waals surface area (Å²) in [4.78, 5) is 0. The lowest BCUT2D eigenvalue weighted by Crippen LogP contribution is -2.42. The van der Waals surface area contributed by atoms with E-state index in [-0.39, 0.29) is 11.8 Å². The van der Waals surface area contributed by atoms with E-state index < -0.39 is 9.84 Å². The van der Waals surface area contributed by atoms with Crippen molar-refractivity contribution < 1.29 is 8.42 Å². The maximum Gasteiger partial charge on any atom is 0.147 e. The van der Waals surface area contributed by atoms with Crippen LogP contribution in [-0.4, -0.2) is 26.5 Å². The normalized spacial score (nSPS) is 25.6. The summed E-state index contributed by atoms with van der Waals surface area (Å²) in [6, 6.07) is 0.281. The zero-order chi connectivity index (χ0) is 15.0. The van der Waals surface area contributed by atoms with Crippen LogP contribution in [-0.2, 0) is 9.84 Å². The molecule has 0 aliphatic heterocycles. The van der Waals surface area contributed by atoms with Crippen molar-refractivity contribution in [3.05, 3.63) is 0 Å². The lowest BCUT2D eigenvalue weighted by Gasteiger charge is -2.33. The molecule has 0 amide bonds. The Balaban J connectivity index is 2.29. The zero-order valence-electron chi connectivity index (χ0n) is 13.1. The van der Waals surface area contributed by atoms with Crippen molar-refractivity contribution in [3.63, 3.8) is 0 Å². The molecular weight excluding hydrogens is 272 g/mol. The molecule has 20 heavy (non-hydrogen) atoms. The molecule has 0 bridgehead atoms. The number of nitrogens with one attached hydrogen (secondary N) is 1. The Kier molecular flexibility index (Phi) is 8.07. The van der Waals surface area contributed by atoms with E-state index in [1.807, 2.05) is 0 Å². The summed E-state index contributed by atoms with van der Waals surface area (Å²) in [5, 5.41) is 0. The molecule has 1 aliphatic carbocycles. The Hall–Kier alpha value is -0.130. The van der Waals surface area contributed by atoms with Crippen LogP contribution in [0.15, 0.2) is 0 Å². The second-order valence-corrected chi connectivity index (χ2v) is 8.73. The minimum absolute atomic E-state index is 0.275. The first-order valence-corrected chi connectivity index (χ1v) is 10.2. The average Bonchev–Trinajstić information content (AvgIpc) is 2.41. The van der Waals surface area contributed by atoms with Crippen molar-refractivity contribution in [2.45, 2.75) is 70.8 Å². The van der Waals surface area contributed by atoms with Gasteiger partial charge in [-0.05, 0) is 37.5 Å². The first-order chi connectivity index (χ1) is 9.46. The van der Waals surface area contributed by atoms with Crippen LogP contribution in [0.1, 0.15) is 64.7 Å². The molecule has 3 N–H and O–H groups in total. The van der Waals surface area contributed by atoms with Gasteiger partial charge in [0.2, 0.25) is 0 Å². The van der Waals surface area contributed by atoms with E-state index in [4.69, 9.17) is 5.84 Å². The van der Waals surface area contributed by atoms with Crippen molar-refractivity contribution in [3.8, 4) is 0 Å². The maximum atomic E-state index is 11.2. The van der Waals surface area contributed by atoms with E-state index in [0.717, 1.165) is 12.3 Å². The smallest absolute Gasteiger partial charge is 0.147 e. The molecular formula is C15H32N2O2S. The molecule has 0 heterocycles. The molecule has 120 valence electrons. The predicted molar refractivity (Wildman–Crippen MR) is 85.0 cm³/mol. The number of sulfone groups is 1. The van der Waals surface area contributed by atoms with Gasteiger partial charge in [0.1, 0.15) is 9.84 Å². The molecule has 0 aromatic rings. The lowest BCUT2D eigenvalue weighted by molar-refractivity contribution is 0.206. The Labute approximate surface area is 124 Å². The highest BCUT2D eigenvalue weighted by Crippen LogP contribution is 2.34. The number of nitrogens with two attached hydrogens (primary N) is 1. The lowest BCUT2D eigenvalue weighted by atomic mass is 9.76. The minimum Gasteiger partial charge on any atom is -0.271 e. The van der Waals surface area contributed by atoms with Gasteiger partial charge in [-0.2, -0.15) is 0 Å². The van der Waals surface area contributed by atoms with E-state index in [2.05, 4.69) is 12.3 Å². The number of hydrogen-bond donors (Lipinski definition) is 2. The molecule has 0 aromatic carbocycles. The van der Waals surface area contributed by atoms with Crippen LogP contribution in [0, 0.1) is 11.8 Å². The predicted octanol–water partition coefficient (Wildman–Crippen LogP) is 2.64. The van der Waals surface area contributed by atoms with Gasteiger partial charge >= 0.3 is 0 Å². The molecule has 1 rings (SSSR count). The van der Waals surface area contributed by atoms with Gasteiger partial charge in [0.15, 0.2) is 0 Å². The van der Waals surface area contributed by atoms with Gasteiger partial charge in [0.05, 0.1) is 0 Å². The van der Waals surface area contributed by atoms with Crippen LogP contribution in [0.2, 0.25) is 0 Å². The standard InChI is InChI=1S/C15H32N2O2S/c1-3-4-6-13-8-10-14(11-9-13)15(17-16)7-5-12-20(2,18)19/h13-15,17H,3-12,16H2,1-2H3. The average molecular weight is 304 g/mol. The van der Waals surface area contributed by atoms with Crippen LogP contribution < -0.4 is 11.3 Å². The third-order valence-electron chi connectivity index (χ3n) is 4.67.